The number of carboxylic acid groups (broad SMARTS) is 1. The van der Waals surface area contributed by atoms with Crippen LogP contribution < -0.4 is 20.5 Å². The first-order valence-corrected chi connectivity index (χ1v) is 10.6. The molecule has 10 nitrogen and oxygen atoms in total. The molecule has 3 aromatic heterocycles. The molecule has 0 spiro atoms. The van der Waals surface area contributed by atoms with Crippen LogP contribution >= 0.6 is 11.6 Å². The van der Waals surface area contributed by atoms with Crippen molar-refractivity contribution < 1.29 is 14.6 Å². The van der Waals surface area contributed by atoms with Crippen LogP contribution in [0.3, 0.4) is 0 Å². The van der Waals surface area contributed by atoms with Gasteiger partial charge in [-0.2, -0.15) is 4.98 Å². The van der Waals surface area contributed by atoms with Crippen molar-refractivity contribution in [3.63, 3.8) is 0 Å². The van der Waals surface area contributed by atoms with Gasteiger partial charge < -0.3 is 20.1 Å². The third-order valence-electron chi connectivity index (χ3n) is 5.11. The Labute approximate surface area is 199 Å². The Morgan fingerprint density at radius 3 is 2.79 bits per heavy atom. The molecule has 0 bridgehead atoms. The quantitative estimate of drug-likeness (QED) is 0.358. The summed E-state index contributed by atoms with van der Waals surface area (Å²) in [5, 5.41) is 13.3. The Morgan fingerprint density at radius 1 is 1.24 bits per heavy atom. The van der Waals surface area contributed by atoms with Gasteiger partial charge in [0.05, 0.1) is 22.3 Å². The summed E-state index contributed by atoms with van der Waals surface area (Å²) < 4.78 is 5.78. The lowest BCUT2D eigenvalue weighted by Crippen LogP contribution is -2.25. The number of H-pyrrole nitrogens is 1. The maximum Gasteiger partial charge on any atom is 0.412 e. The fraction of sp³-hybridized carbons (Fsp3) is 0.174. The Morgan fingerprint density at radius 2 is 2.06 bits per heavy atom. The molecule has 0 aliphatic heterocycles. The van der Waals surface area contributed by atoms with Gasteiger partial charge in [-0.05, 0) is 37.3 Å². The fourth-order valence-corrected chi connectivity index (χ4v) is 3.49. The highest BCUT2D eigenvalue weighted by Gasteiger charge is 2.16. The first-order chi connectivity index (χ1) is 16.3. The van der Waals surface area contributed by atoms with Crippen molar-refractivity contribution >= 4 is 40.4 Å². The number of ether oxygens (including phenoxy) is 1. The summed E-state index contributed by atoms with van der Waals surface area (Å²) in [7, 11) is 1.38. The molecule has 3 N–H and O–H groups in total. The predicted octanol–water partition coefficient (Wildman–Crippen LogP) is 4.23. The monoisotopic (exact) mass is 480 g/mol. The van der Waals surface area contributed by atoms with Crippen LogP contribution in [0.2, 0.25) is 5.02 Å². The number of halogens is 1. The first kappa shape index (κ1) is 23.0. The number of aromatic nitrogens is 4. The van der Waals surface area contributed by atoms with Crippen LogP contribution in [-0.4, -0.2) is 38.2 Å². The highest BCUT2D eigenvalue weighted by Crippen LogP contribution is 2.30. The van der Waals surface area contributed by atoms with Gasteiger partial charge in [0.2, 0.25) is 5.95 Å². The molecule has 34 heavy (non-hydrogen) atoms. The van der Waals surface area contributed by atoms with E-state index in [9.17, 15) is 9.59 Å². The summed E-state index contributed by atoms with van der Waals surface area (Å²) in [6, 6.07) is 11.7. The largest absolute Gasteiger partial charge is 0.486 e. The van der Waals surface area contributed by atoms with Gasteiger partial charge in [0.25, 0.3) is 5.56 Å². The smallest absolute Gasteiger partial charge is 0.412 e. The topological polar surface area (TPSA) is 133 Å². The minimum absolute atomic E-state index is 0.189. The van der Waals surface area contributed by atoms with Gasteiger partial charge in [0.15, 0.2) is 0 Å². The molecular formula is C23H21ClN6O4. The number of anilines is 2. The number of hydrogen-bond donors (Lipinski definition) is 3. The minimum atomic E-state index is -1.15. The molecule has 0 saturated heterocycles. The number of rotatable bonds is 7. The average Bonchev–Trinajstić information content (AvgIpc) is 2.83. The number of nitrogens with one attached hydrogen (secondary N) is 2. The van der Waals surface area contributed by atoms with E-state index in [1.54, 1.807) is 31.3 Å². The van der Waals surface area contributed by atoms with Gasteiger partial charge in [0, 0.05) is 36.5 Å². The van der Waals surface area contributed by atoms with Crippen LogP contribution in [0.15, 0.2) is 59.7 Å². The third kappa shape index (κ3) is 5.07. The van der Waals surface area contributed by atoms with E-state index < -0.39 is 12.1 Å². The van der Waals surface area contributed by atoms with Gasteiger partial charge in [-0.25, -0.2) is 9.78 Å². The Hall–Kier alpha value is -4.18. The van der Waals surface area contributed by atoms with Crippen molar-refractivity contribution in [2.45, 2.75) is 19.6 Å². The lowest BCUT2D eigenvalue weighted by Gasteiger charge is -2.17. The average molecular weight is 481 g/mol. The normalized spacial score (nSPS) is 11.7. The van der Waals surface area contributed by atoms with Gasteiger partial charge in [0.1, 0.15) is 18.2 Å². The second-order valence-electron chi connectivity index (χ2n) is 7.48. The van der Waals surface area contributed by atoms with E-state index in [1.807, 2.05) is 18.2 Å². The highest BCUT2D eigenvalue weighted by molar-refractivity contribution is 6.32. The van der Waals surface area contributed by atoms with E-state index in [-0.39, 0.29) is 23.9 Å². The molecule has 4 aromatic rings. The Bertz CT molecular complexity index is 1400. The SMILES string of the molecule is CC(Nc1nccc(N(C)C(=O)O)n1)c1cc2cc(Cl)c(OCc3ccccn3)cc2[nH]c1=O. The van der Waals surface area contributed by atoms with Crippen LogP contribution in [0.5, 0.6) is 5.75 Å². The molecule has 1 amide bonds. The second kappa shape index (κ2) is 9.75. The standard InChI is InChI=1S/C23H21ClN6O4/c1-13(27-22-26-8-6-20(29-22)30(2)23(32)33)16-9-14-10-17(24)19(11-18(14)28-21(16)31)34-12-15-5-3-4-7-25-15/h3-11,13H,12H2,1-2H3,(H,28,31)(H,32,33)(H,26,27,29). The van der Waals surface area contributed by atoms with E-state index in [0.717, 1.165) is 16.0 Å². The molecule has 1 aromatic carbocycles. The molecule has 0 aliphatic carbocycles. The van der Waals surface area contributed by atoms with Crippen LogP contribution in [0.1, 0.15) is 24.2 Å². The van der Waals surface area contributed by atoms with E-state index in [1.165, 1.54) is 19.3 Å². The van der Waals surface area contributed by atoms with Crippen LogP contribution in [0.4, 0.5) is 16.6 Å². The lowest BCUT2D eigenvalue weighted by molar-refractivity contribution is 0.203. The second-order valence-corrected chi connectivity index (χ2v) is 7.89. The van der Waals surface area contributed by atoms with Gasteiger partial charge >= 0.3 is 6.09 Å². The molecule has 1 atom stereocenters. The molecule has 11 heteroatoms. The molecule has 1 unspecified atom stereocenters. The number of amides is 1. The van der Waals surface area contributed by atoms with Crippen molar-refractivity contribution in [1.82, 2.24) is 19.9 Å². The van der Waals surface area contributed by atoms with Crippen LogP contribution in [0, 0.1) is 0 Å². The van der Waals surface area contributed by atoms with Gasteiger partial charge in [-0.3, -0.25) is 14.7 Å². The maximum absolute atomic E-state index is 12.8. The number of carbonyl (C=O) groups is 1. The highest BCUT2D eigenvalue weighted by atomic mass is 35.5. The van der Waals surface area contributed by atoms with Gasteiger partial charge in [-0.15, -0.1) is 0 Å². The maximum atomic E-state index is 12.8. The number of benzene rings is 1. The molecule has 4 rings (SSSR count). The zero-order valence-electron chi connectivity index (χ0n) is 18.3. The Balaban J connectivity index is 1.56. The van der Waals surface area contributed by atoms with Crippen molar-refractivity contribution in [2.75, 3.05) is 17.3 Å². The molecule has 0 fully saturated rings. The number of nitrogens with zero attached hydrogens (tertiary/aromatic N) is 4. The number of pyridine rings is 2. The molecule has 0 saturated carbocycles. The molecule has 3 heterocycles. The summed E-state index contributed by atoms with van der Waals surface area (Å²) in [5.74, 6) is 0.825. The summed E-state index contributed by atoms with van der Waals surface area (Å²) in [6.07, 6.45) is 1.97. The van der Waals surface area contributed by atoms with E-state index >= 15 is 0 Å². The summed E-state index contributed by atoms with van der Waals surface area (Å²) >= 11 is 6.42. The predicted molar refractivity (Wildman–Crippen MR) is 129 cm³/mol. The van der Waals surface area contributed by atoms with Crippen molar-refractivity contribution in [3.05, 3.63) is 81.5 Å². The van der Waals surface area contributed by atoms with Crippen molar-refractivity contribution in [2.24, 2.45) is 0 Å². The first-order valence-electron chi connectivity index (χ1n) is 10.3. The van der Waals surface area contributed by atoms with Crippen LogP contribution in [0.25, 0.3) is 10.9 Å². The lowest BCUT2D eigenvalue weighted by atomic mass is 10.1. The third-order valence-corrected chi connectivity index (χ3v) is 5.41. The molecular weight excluding hydrogens is 460 g/mol. The number of hydrogen-bond acceptors (Lipinski definition) is 7. The van der Waals surface area contributed by atoms with Crippen LogP contribution in [-0.2, 0) is 6.61 Å². The van der Waals surface area contributed by atoms with E-state index in [2.05, 4.69) is 25.3 Å². The fourth-order valence-electron chi connectivity index (χ4n) is 3.27. The van der Waals surface area contributed by atoms with Gasteiger partial charge in [-0.1, -0.05) is 17.7 Å². The Kier molecular flexibility index (Phi) is 6.60. The van der Waals surface area contributed by atoms with E-state index in [4.69, 9.17) is 21.4 Å². The van der Waals surface area contributed by atoms with Crippen molar-refractivity contribution in [1.29, 1.82) is 0 Å². The molecule has 0 aliphatic rings. The summed E-state index contributed by atoms with van der Waals surface area (Å²) in [5.41, 5.74) is 1.46. The number of fused-ring (bicyclic) bond motifs is 1. The minimum Gasteiger partial charge on any atom is -0.486 e. The van der Waals surface area contributed by atoms with E-state index in [0.29, 0.717) is 21.9 Å². The zero-order chi connectivity index (χ0) is 24.2. The zero-order valence-corrected chi connectivity index (χ0v) is 19.1. The van der Waals surface area contributed by atoms with Crippen molar-refractivity contribution in [3.8, 4) is 5.75 Å². The molecule has 0 radical (unpaired) electrons. The summed E-state index contributed by atoms with van der Waals surface area (Å²) in [4.78, 5) is 40.3. The number of aromatic amines is 1. The molecule has 174 valence electrons. The summed E-state index contributed by atoms with van der Waals surface area (Å²) in [6.45, 7) is 2.02.